The Labute approximate surface area is 119 Å². The van der Waals surface area contributed by atoms with Crippen LogP contribution in [-0.4, -0.2) is 24.1 Å². The summed E-state index contributed by atoms with van der Waals surface area (Å²) in [6, 6.07) is 14.8. The first-order chi connectivity index (χ1) is 9.67. The number of rotatable bonds is 3. The van der Waals surface area contributed by atoms with E-state index >= 15 is 0 Å². The second-order valence-corrected chi connectivity index (χ2v) is 5.23. The summed E-state index contributed by atoms with van der Waals surface area (Å²) in [6.07, 6.45) is 1.04. The van der Waals surface area contributed by atoms with Crippen LogP contribution in [0.5, 0.6) is 0 Å². The van der Waals surface area contributed by atoms with E-state index < -0.39 is 0 Å². The number of fused-ring (bicyclic) bond motifs is 1. The van der Waals surface area contributed by atoms with Gasteiger partial charge in [-0.25, -0.2) is 4.98 Å². The largest absolute Gasteiger partial charge is 0.378 e. The molecule has 1 heterocycles. The van der Waals surface area contributed by atoms with Crippen LogP contribution in [-0.2, 0) is 6.42 Å². The fourth-order valence-corrected chi connectivity index (χ4v) is 2.33. The minimum atomic E-state index is 0.929. The summed E-state index contributed by atoms with van der Waals surface area (Å²) in [5, 5.41) is 0. The van der Waals surface area contributed by atoms with Crippen LogP contribution in [0.1, 0.15) is 12.5 Å². The molecule has 0 fully saturated rings. The van der Waals surface area contributed by atoms with Gasteiger partial charge in [0, 0.05) is 25.3 Å². The van der Waals surface area contributed by atoms with Gasteiger partial charge < -0.3 is 9.88 Å². The number of imidazole rings is 1. The van der Waals surface area contributed by atoms with E-state index in [2.05, 4.69) is 64.3 Å². The highest BCUT2D eigenvalue weighted by atomic mass is 15.1. The molecule has 20 heavy (non-hydrogen) atoms. The molecule has 0 amide bonds. The number of anilines is 1. The molecule has 3 heteroatoms. The predicted molar refractivity (Wildman–Crippen MR) is 85.2 cm³/mol. The van der Waals surface area contributed by atoms with E-state index in [4.69, 9.17) is 0 Å². The van der Waals surface area contributed by atoms with Crippen molar-refractivity contribution in [3.05, 3.63) is 48.0 Å². The lowest BCUT2D eigenvalue weighted by atomic mass is 10.1. The number of hydrogen-bond donors (Lipinski definition) is 1. The first-order valence-corrected chi connectivity index (χ1v) is 6.94. The molecule has 3 nitrogen and oxygen atoms in total. The van der Waals surface area contributed by atoms with Gasteiger partial charge in [0.2, 0.25) is 0 Å². The number of aromatic amines is 1. The summed E-state index contributed by atoms with van der Waals surface area (Å²) in [5.41, 5.74) is 5.77. The van der Waals surface area contributed by atoms with Gasteiger partial charge in [-0.15, -0.1) is 0 Å². The van der Waals surface area contributed by atoms with Gasteiger partial charge in [0.25, 0.3) is 0 Å². The average Bonchev–Trinajstić information content (AvgIpc) is 2.90. The molecular formula is C17H19N3. The van der Waals surface area contributed by atoms with E-state index in [1.54, 1.807) is 0 Å². The third kappa shape index (κ3) is 2.27. The maximum absolute atomic E-state index is 4.66. The van der Waals surface area contributed by atoms with Crippen molar-refractivity contribution in [1.29, 1.82) is 0 Å². The van der Waals surface area contributed by atoms with Crippen LogP contribution in [0.3, 0.4) is 0 Å². The normalized spacial score (nSPS) is 10.9. The van der Waals surface area contributed by atoms with Crippen LogP contribution in [0.4, 0.5) is 5.69 Å². The molecule has 2 aromatic carbocycles. The lowest BCUT2D eigenvalue weighted by Crippen LogP contribution is -2.07. The summed E-state index contributed by atoms with van der Waals surface area (Å²) in [5.74, 6) is 0.929. The number of aryl methyl sites for hydroxylation is 1. The molecule has 0 aliphatic rings. The fourth-order valence-electron chi connectivity index (χ4n) is 2.33. The van der Waals surface area contributed by atoms with Crippen molar-refractivity contribution in [1.82, 2.24) is 9.97 Å². The van der Waals surface area contributed by atoms with Gasteiger partial charge in [-0.2, -0.15) is 0 Å². The van der Waals surface area contributed by atoms with Gasteiger partial charge >= 0.3 is 0 Å². The molecule has 0 saturated carbocycles. The van der Waals surface area contributed by atoms with E-state index in [1.807, 2.05) is 14.1 Å². The smallest absolute Gasteiger partial charge is 0.138 e. The molecule has 0 saturated heterocycles. The summed E-state index contributed by atoms with van der Waals surface area (Å²) >= 11 is 0. The summed E-state index contributed by atoms with van der Waals surface area (Å²) < 4.78 is 0. The van der Waals surface area contributed by atoms with Crippen molar-refractivity contribution in [2.45, 2.75) is 13.3 Å². The highest BCUT2D eigenvalue weighted by Crippen LogP contribution is 2.23. The number of hydrogen-bond acceptors (Lipinski definition) is 2. The Balaban J connectivity index is 2.01. The molecule has 3 rings (SSSR count). The molecule has 0 radical (unpaired) electrons. The zero-order chi connectivity index (χ0) is 14.1. The fraction of sp³-hybridized carbons (Fsp3) is 0.235. The lowest BCUT2D eigenvalue weighted by Gasteiger charge is -2.11. The van der Waals surface area contributed by atoms with Gasteiger partial charge in [-0.1, -0.05) is 13.0 Å². The van der Waals surface area contributed by atoms with Gasteiger partial charge in [0.05, 0.1) is 11.0 Å². The standard InChI is InChI=1S/C17H19N3/c1-4-12-5-10-15-16(11-12)19-17(18-15)13-6-8-14(9-7-13)20(2)3/h5-11H,4H2,1-3H3,(H,18,19). The van der Waals surface area contributed by atoms with Crippen molar-refractivity contribution < 1.29 is 0 Å². The first kappa shape index (κ1) is 12.7. The Morgan fingerprint density at radius 2 is 1.80 bits per heavy atom. The number of H-pyrrole nitrogens is 1. The van der Waals surface area contributed by atoms with Crippen LogP contribution in [0.25, 0.3) is 22.4 Å². The number of benzene rings is 2. The molecule has 0 spiro atoms. The SMILES string of the molecule is CCc1ccc2nc(-c3ccc(N(C)C)cc3)[nH]c2c1. The van der Waals surface area contributed by atoms with E-state index in [-0.39, 0.29) is 0 Å². The second-order valence-electron chi connectivity index (χ2n) is 5.23. The van der Waals surface area contributed by atoms with E-state index in [0.29, 0.717) is 0 Å². The number of nitrogens with zero attached hydrogens (tertiary/aromatic N) is 2. The molecule has 0 aliphatic carbocycles. The van der Waals surface area contributed by atoms with Crippen LogP contribution < -0.4 is 4.90 Å². The molecule has 0 unspecified atom stereocenters. The second kappa shape index (κ2) is 5.00. The third-order valence-electron chi connectivity index (χ3n) is 3.61. The Morgan fingerprint density at radius 3 is 2.45 bits per heavy atom. The van der Waals surface area contributed by atoms with Crippen molar-refractivity contribution in [3.8, 4) is 11.4 Å². The Hall–Kier alpha value is -2.29. The Morgan fingerprint density at radius 1 is 1.05 bits per heavy atom. The molecular weight excluding hydrogens is 246 g/mol. The van der Waals surface area contributed by atoms with Crippen LogP contribution in [0, 0.1) is 0 Å². The molecule has 3 aromatic rings. The third-order valence-corrected chi connectivity index (χ3v) is 3.61. The van der Waals surface area contributed by atoms with Gasteiger partial charge in [0.15, 0.2) is 0 Å². The van der Waals surface area contributed by atoms with Crippen LogP contribution in [0.15, 0.2) is 42.5 Å². The molecule has 0 aliphatic heterocycles. The number of aromatic nitrogens is 2. The lowest BCUT2D eigenvalue weighted by molar-refractivity contribution is 1.13. The maximum atomic E-state index is 4.66. The molecule has 0 bridgehead atoms. The van der Waals surface area contributed by atoms with E-state index in [0.717, 1.165) is 28.8 Å². The zero-order valence-electron chi connectivity index (χ0n) is 12.1. The Bertz CT molecular complexity index is 724. The van der Waals surface area contributed by atoms with Gasteiger partial charge in [0.1, 0.15) is 5.82 Å². The topological polar surface area (TPSA) is 31.9 Å². The van der Waals surface area contributed by atoms with Crippen molar-refractivity contribution in [2.24, 2.45) is 0 Å². The predicted octanol–water partition coefficient (Wildman–Crippen LogP) is 3.86. The highest BCUT2D eigenvalue weighted by Gasteiger charge is 2.06. The van der Waals surface area contributed by atoms with E-state index in [1.165, 1.54) is 11.3 Å². The Kier molecular flexibility index (Phi) is 3.18. The maximum Gasteiger partial charge on any atom is 0.138 e. The minimum absolute atomic E-state index is 0.929. The molecule has 102 valence electrons. The number of nitrogens with one attached hydrogen (secondary N) is 1. The molecule has 0 atom stereocenters. The summed E-state index contributed by atoms with van der Waals surface area (Å²) in [6.45, 7) is 2.17. The molecule has 1 N–H and O–H groups in total. The van der Waals surface area contributed by atoms with E-state index in [9.17, 15) is 0 Å². The van der Waals surface area contributed by atoms with Gasteiger partial charge in [-0.3, -0.25) is 0 Å². The monoisotopic (exact) mass is 265 g/mol. The van der Waals surface area contributed by atoms with Crippen LogP contribution in [0.2, 0.25) is 0 Å². The van der Waals surface area contributed by atoms with Crippen molar-refractivity contribution >= 4 is 16.7 Å². The average molecular weight is 265 g/mol. The van der Waals surface area contributed by atoms with Crippen LogP contribution >= 0.6 is 0 Å². The zero-order valence-corrected chi connectivity index (χ0v) is 12.1. The summed E-state index contributed by atoms with van der Waals surface area (Å²) in [4.78, 5) is 10.2. The quantitative estimate of drug-likeness (QED) is 0.780. The van der Waals surface area contributed by atoms with Gasteiger partial charge in [-0.05, 0) is 48.4 Å². The first-order valence-electron chi connectivity index (χ1n) is 6.94. The van der Waals surface area contributed by atoms with Crippen molar-refractivity contribution in [3.63, 3.8) is 0 Å². The minimum Gasteiger partial charge on any atom is -0.378 e. The molecule has 1 aromatic heterocycles. The van der Waals surface area contributed by atoms with Crippen molar-refractivity contribution in [2.75, 3.05) is 19.0 Å². The highest BCUT2D eigenvalue weighted by molar-refractivity contribution is 5.80. The summed E-state index contributed by atoms with van der Waals surface area (Å²) in [7, 11) is 4.09.